The van der Waals surface area contributed by atoms with E-state index in [1.807, 2.05) is 0 Å². The summed E-state index contributed by atoms with van der Waals surface area (Å²) in [6.07, 6.45) is 6.12. The van der Waals surface area contributed by atoms with E-state index in [1.54, 1.807) is 0 Å². The largest absolute Gasteiger partial charge is 0.310 e. The maximum absolute atomic E-state index is 2.53. The first-order chi connectivity index (χ1) is 30.0. The highest BCUT2D eigenvalue weighted by atomic mass is 15.1. The zero-order valence-corrected chi connectivity index (χ0v) is 39.9. The second-order valence-corrected chi connectivity index (χ2v) is 20.5. The van der Waals surface area contributed by atoms with Crippen molar-refractivity contribution in [1.29, 1.82) is 0 Å². The van der Waals surface area contributed by atoms with Crippen LogP contribution in [0, 0.1) is 20.8 Å². The van der Waals surface area contributed by atoms with Crippen LogP contribution in [0.15, 0.2) is 152 Å². The lowest BCUT2D eigenvalue weighted by atomic mass is 9.73. The van der Waals surface area contributed by atoms with Crippen molar-refractivity contribution in [2.75, 3.05) is 9.80 Å². The van der Waals surface area contributed by atoms with Crippen LogP contribution in [0.4, 0.5) is 34.1 Å². The number of hydrogen-bond donors (Lipinski definition) is 0. The molecule has 0 amide bonds. The van der Waals surface area contributed by atoms with Gasteiger partial charge >= 0.3 is 0 Å². The number of fused-ring (bicyclic) bond motifs is 3. The third-order valence-corrected chi connectivity index (χ3v) is 13.5. The van der Waals surface area contributed by atoms with E-state index >= 15 is 0 Å². The van der Waals surface area contributed by atoms with Gasteiger partial charge in [0, 0.05) is 39.5 Å². The molecular formula is C61H68N2. The van der Waals surface area contributed by atoms with Crippen LogP contribution in [0.5, 0.6) is 0 Å². The molecule has 322 valence electrons. The van der Waals surface area contributed by atoms with Gasteiger partial charge in [0.2, 0.25) is 0 Å². The fourth-order valence-corrected chi connectivity index (χ4v) is 9.65. The molecule has 0 N–H and O–H groups in total. The van der Waals surface area contributed by atoms with Crippen LogP contribution in [-0.2, 0) is 22.7 Å². The predicted octanol–water partition coefficient (Wildman–Crippen LogP) is 17.6. The van der Waals surface area contributed by atoms with Crippen LogP contribution in [0.25, 0.3) is 11.1 Å². The summed E-state index contributed by atoms with van der Waals surface area (Å²) in [5, 5.41) is 0. The van der Waals surface area contributed by atoms with E-state index in [1.165, 1.54) is 86.9 Å². The van der Waals surface area contributed by atoms with Crippen molar-refractivity contribution >= 4 is 34.1 Å². The molecule has 0 fully saturated rings. The minimum Gasteiger partial charge on any atom is -0.310 e. The first-order valence-corrected chi connectivity index (χ1v) is 23.4. The van der Waals surface area contributed by atoms with Crippen molar-refractivity contribution in [3.8, 4) is 11.1 Å². The fraction of sp³-hybridized carbons (Fsp3) is 0.311. The third kappa shape index (κ3) is 8.88. The van der Waals surface area contributed by atoms with Crippen molar-refractivity contribution in [2.45, 2.75) is 125 Å². The van der Waals surface area contributed by atoms with Gasteiger partial charge in [-0.15, -0.1) is 0 Å². The molecule has 2 heteroatoms. The summed E-state index contributed by atoms with van der Waals surface area (Å²) in [5.41, 5.74) is 21.2. The van der Waals surface area contributed by atoms with Gasteiger partial charge in [-0.25, -0.2) is 0 Å². The molecule has 0 heterocycles. The highest BCUT2D eigenvalue weighted by Crippen LogP contribution is 2.56. The Morgan fingerprint density at radius 1 is 0.413 bits per heavy atom. The summed E-state index contributed by atoms with van der Waals surface area (Å²) in [6, 6.07) is 58.2. The number of nitrogens with zero attached hydrogens (tertiary/aromatic N) is 2. The zero-order chi connectivity index (χ0) is 44.7. The molecule has 0 aliphatic heterocycles. The Balaban J connectivity index is 1.33. The fourth-order valence-electron chi connectivity index (χ4n) is 9.65. The summed E-state index contributed by atoms with van der Waals surface area (Å²) in [6.45, 7) is 25.1. The van der Waals surface area contributed by atoms with Crippen molar-refractivity contribution < 1.29 is 0 Å². The number of hydrogen-bond acceptors (Lipinski definition) is 2. The lowest BCUT2D eigenvalue weighted by Crippen LogP contribution is -2.24. The quantitative estimate of drug-likeness (QED) is 0.113. The van der Waals surface area contributed by atoms with Crippen LogP contribution in [0.1, 0.15) is 131 Å². The first kappa shape index (κ1) is 43.8. The molecule has 0 saturated heterocycles. The molecule has 0 atom stereocenters. The van der Waals surface area contributed by atoms with Gasteiger partial charge in [0.25, 0.3) is 0 Å². The molecule has 0 radical (unpaired) electrons. The van der Waals surface area contributed by atoms with Gasteiger partial charge in [0.05, 0.1) is 0 Å². The molecule has 7 aromatic carbocycles. The van der Waals surface area contributed by atoms with Crippen LogP contribution < -0.4 is 9.80 Å². The van der Waals surface area contributed by atoms with E-state index in [2.05, 4.69) is 238 Å². The molecule has 0 bridgehead atoms. The van der Waals surface area contributed by atoms with Gasteiger partial charge in [0.1, 0.15) is 0 Å². The number of anilines is 6. The van der Waals surface area contributed by atoms with E-state index < -0.39 is 5.41 Å². The maximum Gasteiger partial charge on any atom is 0.0465 e. The Labute approximate surface area is 379 Å². The highest BCUT2D eigenvalue weighted by Gasteiger charge is 2.42. The smallest absolute Gasteiger partial charge is 0.0465 e. The number of benzene rings is 7. The molecule has 0 saturated carbocycles. The predicted molar refractivity (Wildman–Crippen MR) is 273 cm³/mol. The normalized spacial score (nSPS) is 13.1. The van der Waals surface area contributed by atoms with Gasteiger partial charge in [-0.3, -0.25) is 0 Å². The molecule has 0 aromatic heterocycles. The van der Waals surface area contributed by atoms with E-state index in [0.29, 0.717) is 0 Å². The SMILES string of the molecule is CCCCCCc1cc(C)cc(C2(C)c3cc(N(c4ccc(C)cc4)c4ccc(C(C)(C)C)cc4)ccc3-c3ccc(N(c4ccc(C)cc4)c4ccc(C(C)(C)C)cc4)cc32)c1. The molecule has 8 rings (SSSR count). The van der Waals surface area contributed by atoms with Crippen LogP contribution in [-0.4, -0.2) is 0 Å². The first-order valence-electron chi connectivity index (χ1n) is 23.4. The molecule has 2 nitrogen and oxygen atoms in total. The van der Waals surface area contributed by atoms with Crippen molar-refractivity contribution in [3.63, 3.8) is 0 Å². The minimum atomic E-state index is -0.426. The second-order valence-electron chi connectivity index (χ2n) is 20.5. The van der Waals surface area contributed by atoms with Gasteiger partial charge < -0.3 is 9.80 Å². The van der Waals surface area contributed by atoms with Crippen LogP contribution >= 0.6 is 0 Å². The molecule has 7 aromatic rings. The van der Waals surface area contributed by atoms with Gasteiger partial charge in [0.15, 0.2) is 0 Å². The van der Waals surface area contributed by atoms with Crippen LogP contribution in [0.3, 0.4) is 0 Å². The third-order valence-electron chi connectivity index (χ3n) is 13.5. The van der Waals surface area contributed by atoms with Gasteiger partial charge in [-0.1, -0.05) is 163 Å². The van der Waals surface area contributed by atoms with E-state index in [9.17, 15) is 0 Å². The van der Waals surface area contributed by atoms with E-state index in [0.717, 1.165) is 40.5 Å². The van der Waals surface area contributed by atoms with E-state index in [4.69, 9.17) is 0 Å². The second kappa shape index (κ2) is 17.4. The standard InChI is InChI=1S/C61H68N2/c1-12-13-14-15-16-45-37-44(4)38-48(39-45)61(11)57-40-53(62(49-25-17-42(2)18-26-49)51-29-21-46(22-30-51)59(5,6)7)33-35-55(57)56-36-34-54(41-58(56)61)63(50-27-19-43(3)20-28-50)52-31-23-47(24-32-52)60(8,9)10/h17-41H,12-16H2,1-11H3. The average molecular weight is 829 g/mol. The monoisotopic (exact) mass is 829 g/mol. The van der Waals surface area contributed by atoms with E-state index in [-0.39, 0.29) is 10.8 Å². The van der Waals surface area contributed by atoms with Crippen LogP contribution in [0.2, 0.25) is 0 Å². The lowest BCUT2D eigenvalue weighted by molar-refractivity contribution is 0.590. The Hall–Kier alpha value is -5.86. The molecule has 63 heavy (non-hydrogen) atoms. The van der Waals surface area contributed by atoms with Gasteiger partial charge in [-0.2, -0.15) is 0 Å². The average Bonchev–Trinajstić information content (AvgIpc) is 3.51. The van der Waals surface area contributed by atoms with Crippen molar-refractivity contribution in [1.82, 2.24) is 0 Å². The highest BCUT2D eigenvalue weighted by molar-refractivity contribution is 5.90. The Kier molecular flexibility index (Phi) is 12.1. The number of rotatable bonds is 12. The van der Waals surface area contributed by atoms with Crippen molar-refractivity contribution in [3.05, 3.63) is 202 Å². The molecule has 1 aliphatic carbocycles. The molecule has 0 spiro atoms. The Morgan fingerprint density at radius 2 is 0.810 bits per heavy atom. The zero-order valence-electron chi connectivity index (χ0n) is 39.9. The Bertz CT molecular complexity index is 2530. The minimum absolute atomic E-state index is 0.0703. The number of aryl methyl sites for hydroxylation is 4. The summed E-state index contributed by atoms with van der Waals surface area (Å²) in [4.78, 5) is 4.88. The van der Waals surface area contributed by atoms with Crippen molar-refractivity contribution in [2.24, 2.45) is 0 Å². The summed E-state index contributed by atoms with van der Waals surface area (Å²) in [5.74, 6) is 0. The summed E-state index contributed by atoms with van der Waals surface area (Å²) >= 11 is 0. The Morgan fingerprint density at radius 3 is 1.21 bits per heavy atom. The number of unbranched alkanes of at least 4 members (excludes halogenated alkanes) is 3. The molecule has 1 aliphatic rings. The lowest BCUT2D eigenvalue weighted by Gasteiger charge is -2.33. The molecule has 0 unspecified atom stereocenters. The van der Waals surface area contributed by atoms with Gasteiger partial charge in [-0.05, 0) is 169 Å². The summed E-state index contributed by atoms with van der Waals surface area (Å²) in [7, 11) is 0. The summed E-state index contributed by atoms with van der Waals surface area (Å²) < 4.78 is 0. The maximum atomic E-state index is 2.53. The topological polar surface area (TPSA) is 6.48 Å². The molecular weight excluding hydrogens is 761 g/mol.